The van der Waals surface area contributed by atoms with Crippen LogP contribution < -0.4 is 5.32 Å². The van der Waals surface area contributed by atoms with Gasteiger partial charge in [0.25, 0.3) is 0 Å². The molecular formula is C16H23NO2. The van der Waals surface area contributed by atoms with E-state index in [1.54, 1.807) is 0 Å². The first-order chi connectivity index (χ1) is 8.85. The Labute approximate surface area is 115 Å². The second-order valence-corrected chi connectivity index (χ2v) is 6.31. The Morgan fingerprint density at radius 1 is 1.26 bits per heavy atom. The van der Waals surface area contributed by atoms with Crippen LogP contribution in [0.25, 0.3) is 0 Å². The number of benzene rings is 1. The molecule has 0 heterocycles. The third kappa shape index (κ3) is 4.27. The number of carbonyl (C=O) groups excluding carboxylic acids is 1. The van der Waals surface area contributed by atoms with Gasteiger partial charge >= 0.3 is 6.09 Å². The van der Waals surface area contributed by atoms with Crippen LogP contribution in [0.1, 0.15) is 63.6 Å². The quantitative estimate of drug-likeness (QED) is 0.887. The molecule has 1 saturated carbocycles. The summed E-state index contributed by atoms with van der Waals surface area (Å²) in [5.74, 6) is 0.767. The third-order valence-electron chi connectivity index (χ3n) is 3.22. The third-order valence-corrected chi connectivity index (χ3v) is 3.22. The van der Waals surface area contributed by atoms with Gasteiger partial charge in [-0.1, -0.05) is 24.3 Å². The zero-order chi connectivity index (χ0) is 14.0. The zero-order valence-corrected chi connectivity index (χ0v) is 12.2. The number of ether oxygens (including phenoxy) is 1. The maximum Gasteiger partial charge on any atom is 0.408 e. The van der Waals surface area contributed by atoms with E-state index in [1.807, 2.05) is 27.7 Å². The lowest BCUT2D eigenvalue weighted by Gasteiger charge is -2.22. The fourth-order valence-electron chi connectivity index (χ4n) is 2.04. The van der Waals surface area contributed by atoms with E-state index >= 15 is 0 Å². The van der Waals surface area contributed by atoms with Crippen molar-refractivity contribution >= 4 is 6.09 Å². The summed E-state index contributed by atoms with van der Waals surface area (Å²) >= 11 is 0. The number of amides is 1. The summed E-state index contributed by atoms with van der Waals surface area (Å²) in [4.78, 5) is 11.7. The topological polar surface area (TPSA) is 38.3 Å². The van der Waals surface area contributed by atoms with Crippen LogP contribution in [-0.4, -0.2) is 11.7 Å². The molecule has 19 heavy (non-hydrogen) atoms. The summed E-state index contributed by atoms with van der Waals surface area (Å²) in [6.07, 6.45) is 2.25. The summed E-state index contributed by atoms with van der Waals surface area (Å²) in [5, 5.41) is 2.86. The van der Waals surface area contributed by atoms with E-state index in [1.165, 1.54) is 18.4 Å². The molecule has 3 heteroatoms. The van der Waals surface area contributed by atoms with Crippen molar-refractivity contribution in [2.24, 2.45) is 0 Å². The highest BCUT2D eigenvalue weighted by atomic mass is 16.6. The molecule has 1 aliphatic rings. The van der Waals surface area contributed by atoms with E-state index < -0.39 is 5.60 Å². The number of carbonyl (C=O) groups is 1. The van der Waals surface area contributed by atoms with Gasteiger partial charge in [-0.15, -0.1) is 0 Å². The number of hydrogen-bond acceptors (Lipinski definition) is 2. The molecule has 3 nitrogen and oxygen atoms in total. The molecule has 1 amide bonds. The van der Waals surface area contributed by atoms with Crippen LogP contribution in [0.4, 0.5) is 4.79 Å². The van der Waals surface area contributed by atoms with Crippen LogP contribution in [0.3, 0.4) is 0 Å². The molecule has 1 aromatic rings. The molecule has 0 spiro atoms. The van der Waals surface area contributed by atoms with Crippen LogP contribution in [0, 0.1) is 0 Å². The van der Waals surface area contributed by atoms with Crippen molar-refractivity contribution in [3.05, 3.63) is 35.4 Å². The highest BCUT2D eigenvalue weighted by molar-refractivity contribution is 5.68. The van der Waals surface area contributed by atoms with Crippen molar-refractivity contribution in [1.82, 2.24) is 5.32 Å². The van der Waals surface area contributed by atoms with Crippen LogP contribution >= 0.6 is 0 Å². The highest BCUT2D eigenvalue weighted by Gasteiger charge is 2.23. The Hall–Kier alpha value is -1.51. The fourth-order valence-corrected chi connectivity index (χ4v) is 2.04. The molecule has 1 unspecified atom stereocenters. The van der Waals surface area contributed by atoms with Gasteiger partial charge in [0.2, 0.25) is 0 Å². The average molecular weight is 261 g/mol. The van der Waals surface area contributed by atoms with Gasteiger partial charge in [0.15, 0.2) is 0 Å². The number of nitrogens with one attached hydrogen (secondary N) is 1. The molecule has 0 saturated heterocycles. The van der Waals surface area contributed by atoms with Crippen molar-refractivity contribution in [2.75, 3.05) is 0 Å². The van der Waals surface area contributed by atoms with Gasteiger partial charge in [0.05, 0.1) is 6.04 Å². The minimum Gasteiger partial charge on any atom is -0.444 e. The Kier molecular flexibility index (Phi) is 3.83. The van der Waals surface area contributed by atoms with Gasteiger partial charge in [-0.25, -0.2) is 4.79 Å². The van der Waals surface area contributed by atoms with Crippen molar-refractivity contribution in [3.8, 4) is 0 Å². The van der Waals surface area contributed by atoms with Crippen LogP contribution in [0.2, 0.25) is 0 Å². The lowest BCUT2D eigenvalue weighted by Crippen LogP contribution is -2.34. The predicted molar refractivity (Wildman–Crippen MR) is 76.2 cm³/mol. The number of hydrogen-bond donors (Lipinski definition) is 1. The van der Waals surface area contributed by atoms with Gasteiger partial charge in [0, 0.05) is 0 Å². The van der Waals surface area contributed by atoms with E-state index in [4.69, 9.17) is 4.74 Å². The Morgan fingerprint density at radius 3 is 2.32 bits per heavy atom. The molecule has 0 radical (unpaired) electrons. The minimum absolute atomic E-state index is 0.0388. The van der Waals surface area contributed by atoms with Crippen molar-refractivity contribution < 1.29 is 9.53 Å². The van der Waals surface area contributed by atoms with E-state index in [0.29, 0.717) is 0 Å². The molecule has 2 rings (SSSR count). The van der Waals surface area contributed by atoms with Gasteiger partial charge < -0.3 is 10.1 Å². The molecule has 104 valence electrons. The molecular weight excluding hydrogens is 238 g/mol. The van der Waals surface area contributed by atoms with Gasteiger partial charge in [-0.3, -0.25) is 0 Å². The first kappa shape index (κ1) is 13.9. The number of rotatable bonds is 3. The first-order valence-corrected chi connectivity index (χ1v) is 6.94. The minimum atomic E-state index is -0.459. The van der Waals surface area contributed by atoms with Gasteiger partial charge in [-0.2, -0.15) is 0 Å². The first-order valence-electron chi connectivity index (χ1n) is 6.94. The largest absolute Gasteiger partial charge is 0.444 e. The molecule has 0 aromatic heterocycles. The monoisotopic (exact) mass is 261 g/mol. The second kappa shape index (κ2) is 5.24. The van der Waals surface area contributed by atoms with Gasteiger partial charge in [-0.05, 0) is 57.6 Å². The smallest absolute Gasteiger partial charge is 0.408 e. The molecule has 1 N–H and O–H groups in total. The molecule has 1 atom stereocenters. The summed E-state index contributed by atoms with van der Waals surface area (Å²) < 4.78 is 5.25. The Balaban J connectivity index is 1.91. The summed E-state index contributed by atoms with van der Waals surface area (Å²) in [6, 6.07) is 8.48. The summed E-state index contributed by atoms with van der Waals surface area (Å²) in [7, 11) is 0. The van der Waals surface area contributed by atoms with Crippen molar-refractivity contribution in [3.63, 3.8) is 0 Å². The lowest BCUT2D eigenvalue weighted by molar-refractivity contribution is 0.0508. The van der Waals surface area contributed by atoms with Gasteiger partial charge in [0.1, 0.15) is 5.60 Å². The molecule has 1 aliphatic carbocycles. The second-order valence-electron chi connectivity index (χ2n) is 6.31. The van der Waals surface area contributed by atoms with Crippen LogP contribution in [0.15, 0.2) is 24.3 Å². The molecule has 0 aliphatic heterocycles. The van der Waals surface area contributed by atoms with Crippen molar-refractivity contribution in [1.29, 1.82) is 0 Å². The summed E-state index contributed by atoms with van der Waals surface area (Å²) in [5.41, 5.74) is 2.06. The molecule has 1 fully saturated rings. The maximum absolute atomic E-state index is 11.7. The normalized spacial score (nSPS) is 16.8. The lowest BCUT2D eigenvalue weighted by atomic mass is 10.0. The van der Waals surface area contributed by atoms with E-state index in [0.717, 1.165) is 11.5 Å². The molecule has 0 bridgehead atoms. The highest BCUT2D eigenvalue weighted by Crippen LogP contribution is 2.40. The molecule has 1 aromatic carbocycles. The zero-order valence-electron chi connectivity index (χ0n) is 12.2. The SMILES string of the molecule is CC(NC(=O)OC(C)(C)C)c1ccc(C2CC2)cc1. The van der Waals surface area contributed by atoms with E-state index in [9.17, 15) is 4.79 Å². The Morgan fingerprint density at radius 2 is 1.84 bits per heavy atom. The Bertz CT molecular complexity index is 441. The van der Waals surface area contributed by atoms with Crippen LogP contribution in [0.5, 0.6) is 0 Å². The average Bonchev–Trinajstić information content (AvgIpc) is 3.10. The standard InChI is InChI=1S/C16H23NO2/c1-11(17-15(18)19-16(2,3)4)12-5-7-13(8-6-12)14-9-10-14/h5-8,11,14H,9-10H2,1-4H3,(H,17,18). The van der Waals surface area contributed by atoms with Crippen molar-refractivity contribution in [2.45, 2.75) is 58.1 Å². The van der Waals surface area contributed by atoms with E-state index in [2.05, 4.69) is 29.6 Å². The van der Waals surface area contributed by atoms with Crippen LogP contribution in [-0.2, 0) is 4.74 Å². The number of alkyl carbamates (subject to hydrolysis) is 1. The maximum atomic E-state index is 11.7. The summed E-state index contributed by atoms with van der Waals surface area (Å²) in [6.45, 7) is 7.56. The van der Waals surface area contributed by atoms with E-state index in [-0.39, 0.29) is 12.1 Å². The fraction of sp³-hybridized carbons (Fsp3) is 0.562. The predicted octanol–water partition coefficient (Wildman–Crippen LogP) is 4.15.